The number of piperidine rings is 1. The highest BCUT2D eigenvalue weighted by atomic mass is 16.3. The molecule has 3 N–H and O–H groups in total. The molecule has 0 spiro atoms. The van der Waals surface area contributed by atoms with Crippen molar-refractivity contribution in [3.63, 3.8) is 0 Å². The summed E-state index contributed by atoms with van der Waals surface area (Å²) in [5.41, 5.74) is 7.14. The first-order valence-corrected chi connectivity index (χ1v) is 7.84. The van der Waals surface area contributed by atoms with E-state index >= 15 is 0 Å². The Kier molecular flexibility index (Phi) is 5.44. The molecule has 1 aliphatic heterocycles. The van der Waals surface area contributed by atoms with E-state index in [1.165, 1.54) is 18.4 Å². The number of phenols is 1. The van der Waals surface area contributed by atoms with Gasteiger partial charge in [-0.25, -0.2) is 0 Å². The lowest BCUT2D eigenvalue weighted by atomic mass is 9.91. The average molecular weight is 276 g/mol. The van der Waals surface area contributed by atoms with Gasteiger partial charge in [0, 0.05) is 18.6 Å². The minimum absolute atomic E-state index is 0.345. The van der Waals surface area contributed by atoms with Crippen LogP contribution in [-0.4, -0.2) is 35.2 Å². The second-order valence-corrected chi connectivity index (χ2v) is 6.28. The summed E-state index contributed by atoms with van der Waals surface area (Å²) in [6.45, 7) is 6.63. The van der Waals surface area contributed by atoms with Crippen molar-refractivity contribution in [3.8, 4) is 5.75 Å². The summed E-state index contributed by atoms with van der Waals surface area (Å²) in [6, 6.07) is 8.84. The number of aromatic hydroxyl groups is 1. The van der Waals surface area contributed by atoms with Crippen LogP contribution in [0.2, 0.25) is 0 Å². The van der Waals surface area contributed by atoms with Gasteiger partial charge in [-0.05, 0) is 69.7 Å². The van der Waals surface area contributed by atoms with Crippen LogP contribution in [0.25, 0.3) is 0 Å². The molecule has 0 saturated carbocycles. The molecule has 3 nitrogen and oxygen atoms in total. The molecule has 1 aliphatic rings. The molecule has 112 valence electrons. The van der Waals surface area contributed by atoms with E-state index in [0.29, 0.717) is 23.8 Å². The molecule has 0 amide bonds. The number of nitrogens with two attached hydrogens (primary N) is 1. The number of hydrogen-bond acceptors (Lipinski definition) is 3. The van der Waals surface area contributed by atoms with Crippen molar-refractivity contribution in [1.29, 1.82) is 0 Å². The number of rotatable bonds is 5. The van der Waals surface area contributed by atoms with Gasteiger partial charge in [0.05, 0.1) is 0 Å². The molecular weight excluding hydrogens is 248 g/mol. The zero-order valence-electron chi connectivity index (χ0n) is 12.8. The maximum Gasteiger partial charge on any atom is 0.115 e. The van der Waals surface area contributed by atoms with Crippen LogP contribution in [0.4, 0.5) is 0 Å². The van der Waals surface area contributed by atoms with E-state index in [4.69, 9.17) is 5.73 Å². The van der Waals surface area contributed by atoms with Crippen molar-refractivity contribution in [1.82, 2.24) is 4.90 Å². The Morgan fingerprint density at radius 1 is 1.30 bits per heavy atom. The number of benzene rings is 1. The smallest absolute Gasteiger partial charge is 0.115 e. The topological polar surface area (TPSA) is 49.5 Å². The first kappa shape index (κ1) is 15.3. The Labute approximate surface area is 122 Å². The van der Waals surface area contributed by atoms with E-state index in [1.807, 2.05) is 12.1 Å². The zero-order valence-corrected chi connectivity index (χ0v) is 12.8. The van der Waals surface area contributed by atoms with Gasteiger partial charge in [-0.1, -0.05) is 12.1 Å². The van der Waals surface area contributed by atoms with Gasteiger partial charge in [0.25, 0.3) is 0 Å². The molecule has 2 rings (SSSR count). The van der Waals surface area contributed by atoms with Crippen molar-refractivity contribution in [2.45, 2.75) is 51.6 Å². The molecule has 0 aliphatic carbocycles. The van der Waals surface area contributed by atoms with Crippen LogP contribution in [0.1, 0.15) is 38.7 Å². The van der Waals surface area contributed by atoms with E-state index < -0.39 is 0 Å². The SMILES string of the molecule is CC(CCc1ccc(O)cc1)N1CC(CN)CCC1C. The first-order chi connectivity index (χ1) is 9.60. The Balaban J connectivity index is 1.86. The van der Waals surface area contributed by atoms with Crippen molar-refractivity contribution in [3.05, 3.63) is 29.8 Å². The number of phenolic OH excluding ortho intramolecular Hbond substituents is 1. The highest BCUT2D eigenvalue weighted by molar-refractivity contribution is 5.25. The molecule has 20 heavy (non-hydrogen) atoms. The van der Waals surface area contributed by atoms with Gasteiger partial charge in [0.15, 0.2) is 0 Å². The fraction of sp³-hybridized carbons (Fsp3) is 0.647. The summed E-state index contributed by atoms with van der Waals surface area (Å²) < 4.78 is 0. The van der Waals surface area contributed by atoms with Crippen LogP contribution >= 0.6 is 0 Å². The molecule has 3 unspecified atom stereocenters. The van der Waals surface area contributed by atoms with E-state index in [0.717, 1.165) is 25.9 Å². The molecule has 1 saturated heterocycles. The highest BCUT2D eigenvalue weighted by Gasteiger charge is 2.27. The predicted molar refractivity (Wildman–Crippen MR) is 83.8 cm³/mol. The summed E-state index contributed by atoms with van der Waals surface area (Å²) in [6.07, 6.45) is 4.77. The summed E-state index contributed by atoms with van der Waals surface area (Å²) in [4.78, 5) is 2.63. The normalized spacial score (nSPS) is 25.6. The molecule has 3 atom stereocenters. The Morgan fingerprint density at radius 2 is 2.00 bits per heavy atom. The standard InChI is InChI=1S/C17H28N2O/c1-13(3-5-15-7-9-17(20)10-8-15)19-12-16(11-18)6-4-14(19)2/h7-10,13-14,16,20H,3-6,11-12,18H2,1-2H3. The van der Waals surface area contributed by atoms with E-state index in [1.54, 1.807) is 12.1 Å². The molecule has 1 aromatic rings. The molecule has 1 fully saturated rings. The Bertz CT molecular complexity index is 404. The molecular formula is C17H28N2O. The maximum atomic E-state index is 9.31. The van der Waals surface area contributed by atoms with E-state index in [2.05, 4.69) is 18.7 Å². The lowest BCUT2D eigenvalue weighted by molar-refractivity contribution is 0.0776. The summed E-state index contributed by atoms with van der Waals surface area (Å²) >= 11 is 0. The van der Waals surface area contributed by atoms with Crippen molar-refractivity contribution in [2.75, 3.05) is 13.1 Å². The third-order valence-electron chi connectivity index (χ3n) is 4.71. The molecule has 0 bridgehead atoms. The van der Waals surface area contributed by atoms with Gasteiger partial charge in [-0.15, -0.1) is 0 Å². The van der Waals surface area contributed by atoms with Crippen LogP contribution in [0.15, 0.2) is 24.3 Å². The van der Waals surface area contributed by atoms with E-state index in [-0.39, 0.29) is 0 Å². The van der Waals surface area contributed by atoms with Gasteiger partial charge < -0.3 is 10.8 Å². The third kappa shape index (κ3) is 3.97. The van der Waals surface area contributed by atoms with Gasteiger partial charge in [-0.3, -0.25) is 4.90 Å². The quantitative estimate of drug-likeness (QED) is 0.869. The van der Waals surface area contributed by atoms with Crippen LogP contribution in [0.3, 0.4) is 0 Å². The van der Waals surface area contributed by atoms with Gasteiger partial charge in [0.2, 0.25) is 0 Å². The monoisotopic (exact) mass is 276 g/mol. The number of aryl methyl sites for hydroxylation is 1. The number of nitrogens with zero attached hydrogens (tertiary/aromatic N) is 1. The van der Waals surface area contributed by atoms with Crippen molar-refractivity contribution < 1.29 is 5.11 Å². The molecule has 0 radical (unpaired) electrons. The van der Waals surface area contributed by atoms with Crippen molar-refractivity contribution >= 4 is 0 Å². The van der Waals surface area contributed by atoms with Crippen LogP contribution in [0, 0.1) is 5.92 Å². The minimum atomic E-state index is 0.345. The first-order valence-electron chi connectivity index (χ1n) is 7.84. The largest absolute Gasteiger partial charge is 0.508 e. The maximum absolute atomic E-state index is 9.31. The predicted octanol–water partition coefficient (Wildman–Crippen LogP) is 2.77. The molecule has 3 heteroatoms. The lowest BCUT2D eigenvalue weighted by Crippen LogP contribution is -2.48. The summed E-state index contributed by atoms with van der Waals surface area (Å²) in [5.74, 6) is 1.01. The second-order valence-electron chi connectivity index (χ2n) is 6.28. The van der Waals surface area contributed by atoms with Crippen LogP contribution in [-0.2, 0) is 6.42 Å². The third-order valence-corrected chi connectivity index (χ3v) is 4.71. The Morgan fingerprint density at radius 3 is 2.65 bits per heavy atom. The van der Waals surface area contributed by atoms with Gasteiger partial charge in [0.1, 0.15) is 5.75 Å². The number of likely N-dealkylation sites (tertiary alicyclic amines) is 1. The second kappa shape index (κ2) is 7.09. The molecule has 1 heterocycles. The highest BCUT2D eigenvalue weighted by Crippen LogP contribution is 2.25. The minimum Gasteiger partial charge on any atom is -0.508 e. The van der Waals surface area contributed by atoms with Crippen molar-refractivity contribution in [2.24, 2.45) is 11.7 Å². The van der Waals surface area contributed by atoms with Gasteiger partial charge >= 0.3 is 0 Å². The molecule has 0 aromatic heterocycles. The number of hydrogen-bond donors (Lipinski definition) is 2. The summed E-state index contributed by atoms with van der Waals surface area (Å²) in [5, 5.41) is 9.31. The fourth-order valence-corrected chi connectivity index (χ4v) is 3.22. The van der Waals surface area contributed by atoms with Gasteiger partial charge in [-0.2, -0.15) is 0 Å². The average Bonchev–Trinajstić information content (AvgIpc) is 2.47. The summed E-state index contributed by atoms with van der Waals surface area (Å²) in [7, 11) is 0. The van der Waals surface area contributed by atoms with E-state index in [9.17, 15) is 5.11 Å². The fourth-order valence-electron chi connectivity index (χ4n) is 3.22. The van der Waals surface area contributed by atoms with Crippen LogP contribution in [0.5, 0.6) is 5.75 Å². The lowest BCUT2D eigenvalue weighted by Gasteiger charge is -2.41. The van der Waals surface area contributed by atoms with Crippen LogP contribution < -0.4 is 5.73 Å². The Hall–Kier alpha value is -1.06. The zero-order chi connectivity index (χ0) is 14.5. The molecule has 1 aromatic carbocycles.